The van der Waals surface area contributed by atoms with E-state index in [1.807, 2.05) is 24.5 Å². The molecule has 0 fully saturated rings. The van der Waals surface area contributed by atoms with Crippen LogP contribution in [0.3, 0.4) is 0 Å². The third-order valence-electron chi connectivity index (χ3n) is 2.81. The standard InChI is InChI=1S/C17H17N/c1-4-14(9-8-13(2)3)16-7-5-6-15-12-18-11-10-17(15)16/h4-12H,1H2,2-3H3/b14-9+. The molecule has 2 rings (SSSR count). The van der Waals surface area contributed by atoms with Crippen molar-refractivity contribution in [2.75, 3.05) is 0 Å². The zero-order valence-electron chi connectivity index (χ0n) is 10.9. The van der Waals surface area contributed by atoms with Gasteiger partial charge < -0.3 is 0 Å². The molecule has 0 N–H and O–H groups in total. The second-order valence-corrected chi connectivity index (χ2v) is 4.47. The van der Waals surface area contributed by atoms with Crippen LogP contribution in [0.15, 0.2) is 67.0 Å². The van der Waals surface area contributed by atoms with E-state index >= 15 is 0 Å². The predicted molar refractivity (Wildman–Crippen MR) is 79.3 cm³/mol. The number of benzene rings is 1. The summed E-state index contributed by atoms with van der Waals surface area (Å²) >= 11 is 0. The second-order valence-electron chi connectivity index (χ2n) is 4.47. The Morgan fingerprint density at radius 1 is 1.17 bits per heavy atom. The summed E-state index contributed by atoms with van der Waals surface area (Å²) in [6.07, 6.45) is 9.83. The molecular weight excluding hydrogens is 218 g/mol. The molecule has 0 aliphatic heterocycles. The van der Waals surface area contributed by atoms with E-state index in [-0.39, 0.29) is 0 Å². The molecule has 0 radical (unpaired) electrons. The zero-order chi connectivity index (χ0) is 13.0. The molecule has 1 aromatic heterocycles. The third-order valence-corrected chi connectivity index (χ3v) is 2.81. The summed E-state index contributed by atoms with van der Waals surface area (Å²) in [5.41, 5.74) is 3.60. The first-order valence-electron chi connectivity index (χ1n) is 6.03. The van der Waals surface area contributed by atoms with Crippen molar-refractivity contribution in [1.82, 2.24) is 4.98 Å². The Labute approximate surface area is 108 Å². The first-order valence-corrected chi connectivity index (χ1v) is 6.03. The van der Waals surface area contributed by atoms with E-state index in [0.717, 1.165) is 11.0 Å². The van der Waals surface area contributed by atoms with Crippen LogP contribution >= 0.6 is 0 Å². The molecule has 0 aliphatic rings. The Balaban J connectivity index is 2.62. The number of pyridine rings is 1. The molecule has 0 unspecified atom stereocenters. The molecule has 0 atom stereocenters. The fourth-order valence-electron chi connectivity index (χ4n) is 1.90. The molecule has 1 heteroatoms. The lowest BCUT2D eigenvalue weighted by molar-refractivity contribution is 1.36. The van der Waals surface area contributed by atoms with Crippen LogP contribution in [0.4, 0.5) is 0 Å². The van der Waals surface area contributed by atoms with Crippen molar-refractivity contribution in [3.05, 3.63) is 72.6 Å². The number of hydrogen-bond donors (Lipinski definition) is 0. The van der Waals surface area contributed by atoms with Crippen molar-refractivity contribution in [2.24, 2.45) is 0 Å². The highest BCUT2D eigenvalue weighted by molar-refractivity contribution is 5.95. The summed E-state index contributed by atoms with van der Waals surface area (Å²) in [4.78, 5) is 4.16. The normalized spacial score (nSPS) is 11.3. The van der Waals surface area contributed by atoms with E-state index in [0.29, 0.717) is 0 Å². The van der Waals surface area contributed by atoms with Gasteiger partial charge in [0.15, 0.2) is 0 Å². The Hall–Kier alpha value is -2.15. The van der Waals surface area contributed by atoms with Gasteiger partial charge in [-0.15, -0.1) is 0 Å². The number of fused-ring (bicyclic) bond motifs is 1. The Morgan fingerprint density at radius 3 is 2.72 bits per heavy atom. The number of nitrogens with zero attached hydrogens (tertiary/aromatic N) is 1. The lowest BCUT2D eigenvalue weighted by atomic mass is 9.99. The average molecular weight is 235 g/mol. The monoisotopic (exact) mass is 235 g/mol. The van der Waals surface area contributed by atoms with E-state index in [2.05, 4.69) is 55.8 Å². The first-order chi connectivity index (χ1) is 8.72. The summed E-state index contributed by atoms with van der Waals surface area (Å²) in [6, 6.07) is 8.30. The zero-order valence-corrected chi connectivity index (χ0v) is 10.9. The van der Waals surface area contributed by atoms with Gasteiger partial charge in [-0.2, -0.15) is 0 Å². The maximum absolute atomic E-state index is 4.16. The molecule has 0 saturated heterocycles. The van der Waals surface area contributed by atoms with Gasteiger partial charge in [0.1, 0.15) is 0 Å². The van der Waals surface area contributed by atoms with E-state index in [9.17, 15) is 0 Å². The van der Waals surface area contributed by atoms with Crippen molar-refractivity contribution in [2.45, 2.75) is 13.8 Å². The van der Waals surface area contributed by atoms with Crippen molar-refractivity contribution in [3.8, 4) is 0 Å². The molecule has 1 nitrogen and oxygen atoms in total. The van der Waals surface area contributed by atoms with Crippen LogP contribution in [0.25, 0.3) is 16.3 Å². The van der Waals surface area contributed by atoms with Crippen molar-refractivity contribution >= 4 is 16.3 Å². The van der Waals surface area contributed by atoms with E-state index < -0.39 is 0 Å². The number of hydrogen-bond acceptors (Lipinski definition) is 1. The van der Waals surface area contributed by atoms with Crippen LogP contribution in [0.2, 0.25) is 0 Å². The van der Waals surface area contributed by atoms with Crippen molar-refractivity contribution in [3.63, 3.8) is 0 Å². The minimum absolute atomic E-state index is 1.13. The smallest absolute Gasteiger partial charge is 0.0346 e. The summed E-state index contributed by atoms with van der Waals surface area (Å²) in [5.74, 6) is 0. The van der Waals surface area contributed by atoms with E-state index in [4.69, 9.17) is 0 Å². The first kappa shape index (κ1) is 12.3. The molecular formula is C17H17N. The molecule has 18 heavy (non-hydrogen) atoms. The van der Waals surface area contributed by atoms with Gasteiger partial charge in [-0.1, -0.05) is 48.6 Å². The number of aromatic nitrogens is 1. The molecule has 0 amide bonds. The maximum atomic E-state index is 4.16. The van der Waals surface area contributed by atoms with Crippen LogP contribution in [0.1, 0.15) is 19.4 Å². The van der Waals surface area contributed by atoms with Gasteiger partial charge in [0.25, 0.3) is 0 Å². The molecule has 0 spiro atoms. The SMILES string of the molecule is C=C/C(=C\C=C(C)C)c1cccc2cnccc12. The predicted octanol–water partition coefficient (Wildman–Crippen LogP) is 4.77. The molecule has 1 heterocycles. The summed E-state index contributed by atoms with van der Waals surface area (Å²) < 4.78 is 0. The van der Waals surface area contributed by atoms with Crippen molar-refractivity contribution in [1.29, 1.82) is 0 Å². The molecule has 2 aromatic rings. The van der Waals surface area contributed by atoms with Gasteiger partial charge >= 0.3 is 0 Å². The summed E-state index contributed by atoms with van der Waals surface area (Å²) in [6.45, 7) is 8.08. The summed E-state index contributed by atoms with van der Waals surface area (Å²) in [7, 11) is 0. The number of allylic oxidation sites excluding steroid dienone is 5. The minimum Gasteiger partial charge on any atom is -0.264 e. The quantitative estimate of drug-likeness (QED) is 0.698. The molecule has 90 valence electrons. The van der Waals surface area contributed by atoms with Gasteiger partial charge in [0.05, 0.1) is 0 Å². The van der Waals surface area contributed by atoms with Gasteiger partial charge in [-0.05, 0) is 36.4 Å². The van der Waals surface area contributed by atoms with Crippen LogP contribution in [0.5, 0.6) is 0 Å². The number of rotatable bonds is 3. The van der Waals surface area contributed by atoms with Gasteiger partial charge in [0.2, 0.25) is 0 Å². The van der Waals surface area contributed by atoms with Crippen LogP contribution in [-0.4, -0.2) is 4.98 Å². The van der Waals surface area contributed by atoms with Crippen LogP contribution in [-0.2, 0) is 0 Å². The van der Waals surface area contributed by atoms with Crippen LogP contribution < -0.4 is 0 Å². The topological polar surface area (TPSA) is 12.9 Å². The second kappa shape index (κ2) is 5.46. The molecule has 0 saturated carbocycles. The Morgan fingerprint density at radius 2 is 2.00 bits per heavy atom. The van der Waals surface area contributed by atoms with Gasteiger partial charge in [0, 0.05) is 17.8 Å². The van der Waals surface area contributed by atoms with Crippen LogP contribution in [0, 0.1) is 0 Å². The van der Waals surface area contributed by atoms with Crippen molar-refractivity contribution < 1.29 is 0 Å². The van der Waals surface area contributed by atoms with Gasteiger partial charge in [-0.25, -0.2) is 0 Å². The molecule has 0 aliphatic carbocycles. The largest absolute Gasteiger partial charge is 0.264 e. The van der Waals surface area contributed by atoms with Gasteiger partial charge in [-0.3, -0.25) is 4.98 Å². The Kier molecular flexibility index (Phi) is 3.73. The Bertz CT molecular complexity index is 624. The lowest BCUT2D eigenvalue weighted by Crippen LogP contribution is -1.85. The fraction of sp³-hybridized carbons (Fsp3) is 0.118. The lowest BCUT2D eigenvalue weighted by Gasteiger charge is -2.06. The van der Waals surface area contributed by atoms with E-state index in [1.165, 1.54) is 16.5 Å². The van der Waals surface area contributed by atoms with E-state index in [1.54, 1.807) is 0 Å². The third kappa shape index (κ3) is 2.57. The highest BCUT2D eigenvalue weighted by Gasteiger charge is 2.02. The highest BCUT2D eigenvalue weighted by Crippen LogP contribution is 2.25. The molecule has 1 aromatic carbocycles. The average Bonchev–Trinajstić information content (AvgIpc) is 2.39. The molecule has 0 bridgehead atoms. The highest BCUT2D eigenvalue weighted by atomic mass is 14.6. The minimum atomic E-state index is 1.13. The fourth-order valence-corrected chi connectivity index (χ4v) is 1.90. The summed E-state index contributed by atoms with van der Waals surface area (Å²) in [5, 5.41) is 2.36. The maximum Gasteiger partial charge on any atom is 0.0346 e.